The van der Waals surface area contributed by atoms with Gasteiger partial charge in [-0.05, 0) is 24.5 Å². The third kappa shape index (κ3) is 2.24. The summed E-state index contributed by atoms with van der Waals surface area (Å²) in [5.41, 5.74) is 2.47. The second-order valence-electron chi connectivity index (χ2n) is 5.28. The Hall–Kier alpha value is -2.43. The van der Waals surface area contributed by atoms with E-state index in [1.807, 2.05) is 37.3 Å². The molecule has 0 aromatic heterocycles. The van der Waals surface area contributed by atoms with Crippen LogP contribution >= 0.6 is 0 Å². The maximum absolute atomic E-state index is 12.6. The van der Waals surface area contributed by atoms with Crippen molar-refractivity contribution in [2.45, 2.75) is 32.4 Å². The van der Waals surface area contributed by atoms with E-state index >= 15 is 0 Å². The molecule has 1 saturated heterocycles. The average molecular weight is 284 g/mol. The van der Waals surface area contributed by atoms with E-state index in [-0.39, 0.29) is 24.1 Å². The summed E-state index contributed by atoms with van der Waals surface area (Å²) in [6.07, 6.45) is 4.45. The van der Waals surface area contributed by atoms with Crippen LogP contribution in [0.1, 0.15) is 41.3 Å². The highest BCUT2D eigenvalue weighted by atomic mass is 16.2. The first kappa shape index (κ1) is 13.5. The molecule has 3 amide bonds. The number of benzene rings is 1. The molecule has 1 fully saturated rings. The molecule has 108 valence electrons. The fourth-order valence-corrected chi connectivity index (χ4v) is 2.96. The van der Waals surface area contributed by atoms with E-state index in [9.17, 15) is 14.4 Å². The number of hydrogen-bond acceptors (Lipinski definition) is 3. The lowest BCUT2D eigenvalue weighted by molar-refractivity contribution is -0.136. The molecule has 2 aliphatic heterocycles. The highest BCUT2D eigenvalue weighted by Crippen LogP contribution is 2.30. The summed E-state index contributed by atoms with van der Waals surface area (Å²) in [5.74, 6) is -0.775. The number of allylic oxidation sites excluding steroid dienone is 1. The van der Waals surface area contributed by atoms with Gasteiger partial charge in [0.15, 0.2) is 0 Å². The van der Waals surface area contributed by atoms with Crippen molar-refractivity contribution >= 4 is 23.8 Å². The molecule has 0 radical (unpaired) electrons. The molecule has 0 saturated carbocycles. The normalized spacial score (nSPS) is 21.9. The van der Waals surface area contributed by atoms with Gasteiger partial charge in [0.1, 0.15) is 6.04 Å². The van der Waals surface area contributed by atoms with Crippen molar-refractivity contribution in [3.05, 3.63) is 41.0 Å². The molecular weight excluding hydrogens is 268 g/mol. The fraction of sp³-hybridized carbons (Fsp3) is 0.312. The Morgan fingerprint density at radius 3 is 2.81 bits per heavy atom. The van der Waals surface area contributed by atoms with E-state index in [1.165, 1.54) is 0 Å². The standard InChI is InChI=1S/C16H16N2O3/c1-2-4-10-5-3-6-11-9-18(16(21)14(10)11)12-7-8-13(19)17-15(12)20/h2-6,12H,7-9H2,1H3,(H,17,19,20)/b4-2+. The molecule has 5 heteroatoms. The summed E-state index contributed by atoms with van der Waals surface area (Å²) in [4.78, 5) is 37.4. The zero-order valence-electron chi connectivity index (χ0n) is 11.8. The highest BCUT2D eigenvalue weighted by Gasteiger charge is 2.39. The van der Waals surface area contributed by atoms with Crippen LogP contribution in [0.2, 0.25) is 0 Å². The van der Waals surface area contributed by atoms with Crippen LogP contribution in [0.15, 0.2) is 24.3 Å². The number of amides is 3. The number of hydrogen-bond donors (Lipinski definition) is 1. The third-order valence-electron chi connectivity index (χ3n) is 3.93. The Bertz CT molecular complexity index is 663. The average Bonchev–Trinajstić information content (AvgIpc) is 2.78. The first-order valence-corrected chi connectivity index (χ1v) is 7.01. The monoisotopic (exact) mass is 284 g/mol. The lowest BCUT2D eigenvalue weighted by atomic mass is 10.0. The van der Waals surface area contributed by atoms with E-state index in [4.69, 9.17) is 0 Å². The first-order chi connectivity index (χ1) is 10.1. The summed E-state index contributed by atoms with van der Waals surface area (Å²) in [5, 5.41) is 2.31. The smallest absolute Gasteiger partial charge is 0.255 e. The van der Waals surface area contributed by atoms with Crippen molar-refractivity contribution in [1.82, 2.24) is 10.2 Å². The van der Waals surface area contributed by atoms with Crippen molar-refractivity contribution < 1.29 is 14.4 Å². The van der Waals surface area contributed by atoms with Gasteiger partial charge in [-0.15, -0.1) is 0 Å². The van der Waals surface area contributed by atoms with E-state index in [2.05, 4.69) is 5.32 Å². The van der Waals surface area contributed by atoms with E-state index in [0.717, 1.165) is 11.1 Å². The summed E-state index contributed by atoms with van der Waals surface area (Å²) in [7, 11) is 0. The number of piperidine rings is 1. The van der Waals surface area contributed by atoms with Crippen LogP contribution in [0.3, 0.4) is 0 Å². The summed E-state index contributed by atoms with van der Waals surface area (Å²) >= 11 is 0. The molecule has 5 nitrogen and oxygen atoms in total. The molecule has 3 rings (SSSR count). The zero-order chi connectivity index (χ0) is 15.0. The quantitative estimate of drug-likeness (QED) is 0.837. The van der Waals surface area contributed by atoms with E-state index < -0.39 is 6.04 Å². The third-order valence-corrected chi connectivity index (χ3v) is 3.93. The second kappa shape index (κ2) is 5.16. The molecule has 1 N–H and O–H groups in total. The van der Waals surface area contributed by atoms with Gasteiger partial charge in [0.25, 0.3) is 5.91 Å². The molecular formula is C16H16N2O3. The van der Waals surface area contributed by atoms with Gasteiger partial charge in [0, 0.05) is 13.0 Å². The predicted octanol–water partition coefficient (Wildman–Crippen LogP) is 1.48. The topological polar surface area (TPSA) is 66.5 Å². The Morgan fingerprint density at radius 1 is 1.29 bits per heavy atom. The molecule has 2 heterocycles. The van der Waals surface area contributed by atoms with Gasteiger partial charge in [-0.3, -0.25) is 19.7 Å². The molecule has 2 aliphatic rings. The Morgan fingerprint density at radius 2 is 2.10 bits per heavy atom. The lowest BCUT2D eigenvalue weighted by Gasteiger charge is -2.29. The van der Waals surface area contributed by atoms with Crippen molar-refractivity contribution in [3.8, 4) is 0 Å². The Kier molecular flexibility index (Phi) is 3.33. The van der Waals surface area contributed by atoms with Gasteiger partial charge in [0.2, 0.25) is 11.8 Å². The van der Waals surface area contributed by atoms with Crippen molar-refractivity contribution in [2.24, 2.45) is 0 Å². The van der Waals surface area contributed by atoms with Crippen molar-refractivity contribution in [3.63, 3.8) is 0 Å². The largest absolute Gasteiger partial charge is 0.322 e. The number of fused-ring (bicyclic) bond motifs is 1. The van der Waals surface area contributed by atoms with Crippen LogP contribution in [-0.4, -0.2) is 28.7 Å². The maximum atomic E-state index is 12.6. The molecule has 1 atom stereocenters. The fourth-order valence-electron chi connectivity index (χ4n) is 2.96. The van der Waals surface area contributed by atoms with E-state index in [1.54, 1.807) is 4.90 Å². The molecule has 0 aliphatic carbocycles. The minimum absolute atomic E-state index is 0.131. The summed E-state index contributed by atoms with van der Waals surface area (Å²) in [6.45, 7) is 2.32. The van der Waals surface area contributed by atoms with Crippen LogP contribution in [0.5, 0.6) is 0 Å². The highest BCUT2D eigenvalue weighted by molar-refractivity contribution is 6.06. The molecule has 1 aromatic carbocycles. The van der Waals surface area contributed by atoms with Gasteiger partial charge >= 0.3 is 0 Å². The van der Waals surface area contributed by atoms with Gasteiger partial charge in [0.05, 0.1) is 5.56 Å². The van der Waals surface area contributed by atoms with Gasteiger partial charge in [-0.25, -0.2) is 0 Å². The predicted molar refractivity (Wildman–Crippen MR) is 77.2 cm³/mol. The van der Waals surface area contributed by atoms with Crippen molar-refractivity contribution in [2.75, 3.05) is 0 Å². The number of rotatable bonds is 2. The number of carbonyl (C=O) groups excluding carboxylic acids is 3. The van der Waals surface area contributed by atoms with Crippen molar-refractivity contribution in [1.29, 1.82) is 0 Å². The number of nitrogens with zero attached hydrogens (tertiary/aromatic N) is 1. The maximum Gasteiger partial charge on any atom is 0.255 e. The molecule has 21 heavy (non-hydrogen) atoms. The summed E-state index contributed by atoms with van der Waals surface area (Å²) < 4.78 is 0. The SMILES string of the molecule is C/C=C/c1cccc2c1C(=O)N(C1CCC(=O)NC1=O)C2. The van der Waals surface area contributed by atoms with Crippen LogP contribution in [-0.2, 0) is 16.1 Å². The molecule has 0 bridgehead atoms. The minimum atomic E-state index is -0.555. The van der Waals surface area contributed by atoms with Gasteiger partial charge < -0.3 is 4.90 Å². The molecule has 1 unspecified atom stereocenters. The lowest BCUT2D eigenvalue weighted by Crippen LogP contribution is -2.52. The second-order valence-corrected chi connectivity index (χ2v) is 5.28. The van der Waals surface area contributed by atoms with Gasteiger partial charge in [-0.1, -0.05) is 30.4 Å². The van der Waals surface area contributed by atoms with Crippen LogP contribution < -0.4 is 5.32 Å². The summed E-state index contributed by atoms with van der Waals surface area (Å²) in [6, 6.07) is 5.16. The van der Waals surface area contributed by atoms with Crippen LogP contribution in [0.25, 0.3) is 6.08 Å². The number of nitrogens with one attached hydrogen (secondary N) is 1. The Balaban J connectivity index is 1.92. The number of carbonyl (C=O) groups is 3. The first-order valence-electron chi connectivity index (χ1n) is 7.01. The van der Waals surface area contributed by atoms with Crippen LogP contribution in [0, 0.1) is 0 Å². The number of imide groups is 1. The Labute approximate surface area is 122 Å². The van der Waals surface area contributed by atoms with Gasteiger partial charge in [-0.2, -0.15) is 0 Å². The zero-order valence-corrected chi connectivity index (χ0v) is 11.8. The molecule has 0 spiro atoms. The van der Waals surface area contributed by atoms with E-state index in [0.29, 0.717) is 18.5 Å². The minimum Gasteiger partial charge on any atom is -0.322 e. The van der Waals surface area contributed by atoms with Crippen LogP contribution in [0.4, 0.5) is 0 Å². The molecule has 1 aromatic rings.